The number of imidazole rings is 1. The highest BCUT2D eigenvalue weighted by atomic mass is 16.2. The number of aromatic nitrogens is 2. The van der Waals surface area contributed by atoms with Gasteiger partial charge in [0.1, 0.15) is 5.65 Å². The average molecular weight is 301 g/mol. The number of rotatable bonds is 3. The van der Waals surface area contributed by atoms with Gasteiger partial charge >= 0.3 is 6.03 Å². The summed E-state index contributed by atoms with van der Waals surface area (Å²) in [6.07, 6.45) is 6.52. The minimum absolute atomic E-state index is 0.0601. The fraction of sp³-hybridized carbons (Fsp3) is 0.500. The summed E-state index contributed by atoms with van der Waals surface area (Å²) in [5.41, 5.74) is 1.65. The Balaban J connectivity index is 1.63. The number of nitrogens with zero attached hydrogens (tertiary/aromatic N) is 4. The summed E-state index contributed by atoms with van der Waals surface area (Å²) in [4.78, 5) is 20.8. The molecule has 1 fully saturated rings. The van der Waals surface area contributed by atoms with E-state index in [1.54, 1.807) is 6.20 Å². The number of likely N-dealkylation sites (N-methyl/N-ethyl adjacent to an activating group) is 1. The quantitative estimate of drug-likeness (QED) is 0.946. The molecule has 0 saturated carbocycles. The van der Waals surface area contributed by atoms with Gasteiger partial charge in [-0.05, 0) is 32.4 Å². The van der Waals surface area contributed by atoms with Crippen molar-refractivity contribution >= 4 is 17.4 Å². The third-order valence-electron chi connectivity index (χ3n) is 4.43. The fourth-order valence-corrected chi connectivity index (χ4v) is 2.92. The van der Waals surface area contributed by atoms with Crippen LogP contribution in [0.25, 0.3) is 5.65 Å². The number of carbonyl (C=O) groups is 1. The van der Waals surface area contributed by atoms with E-state index in [9.17, 15) is 4.79 Å². The predicted octanol–water partition coefficient (Wildman–Crippen LogP) is 2.28. The SMILES string of the molecule is CC(C)N1CCC(N(C)C(=O)Nc2ccc3nccn3c2)C1. The fourth-order valence-electron chi connectivity index (χ4n) is 2.92. The zero-order valence-electron chi connectivity index (χ0n) is 13.4. The summed E-state index contributed by atoms with van der Waals surface area (Å²) in [7, 11) is 1.87. The van der Waals surface area contributed by atoms with E-state index in [1.165, 1.54) is 0 Å². The summed E-state index contributed by atoms with van der Waals surface area (Å²) in [6, 6.07) is 4.52. The second-order valence-corrected chi connectivity index (χ2v) is 6.18. The van der Waals surface area contributed by atoms with E-state index >= 15 is 0 Å². The first kappa shape index (κ1) is 14.8. The van der Waals surface area contributed by atoms with Crippen LogP contribution in [0.3, 0.4) is 0 Å². The third-order valence-corrected chi connectivity index (χ3v) is 4.43. The maximum Gasteiger partial charge on any atom is 0.321 e. The van der Waals surface area contributed by atoms with Crippen LogP contribution >= 0.6 is 0 Å². The number of hydrogen-bond donors (Lipinski definition) is 1. The molecule has 0 aromatic carbocycles. The maximum atomic E-state index is 12.4. The standard InChI is InChI=1S/C16H23N5O/c1-12(2)20-8-6-14(11-20)19(3)16(22)18-13-4-5-15-17-7-9-21(15)10-13/h4-5,7,9-10,12,14H,6,8,11H2,1-3H3,(H,18,22). The number of carbonyl (C=O) groups excluding carboxylic acids is 1. The number of hydrogen-bond acceptors (Lipinski definition) is 3. The third kappa shape index (κ3) is 2.92. The van der Waals surface area contributed by atoms with Gasteiger partial charge < -0.3 is 14.6 Å². The van der Waals surface area contributed by atoms with Gasteiger partial charge in [0.25, 0.3) is 0 Å². The largest absolute Gasteiger partial charge is 0.323 e. The summed E-state index contributed by atoms with van der Waals surface area (Å²) in [6.45, 7) is 6.40. The number of nitrogens with one attached hydrogen (secondary N) is 1. The Morgan fingerprint density at radius 2 is 2.27 bits per heavy atom. The normalized spacial score (nSPS) is 19.0. The molecule has 1 aliphatic rings. The molecule has 1 unspecified atom stereocenters. The van der Waals surface area contributed by atoms with E-state index in [2.05, 4.69) is 29.0 Å². The van der Waals surface area contributed by atoms with Gasteiger partial charge in [0.15, 0.2) is 0 Å². The molecule has 1 N–H and O–H groups in total. The van der Waals surface area contributed by atoms with Gasteiger partial charge in [-0.15, -0.1) is 0 Å². The Morgan fingerprint density at radius 1 is 1.45 bits per heavy atom. The molecule has 22 heavy (non-hydrogen) atoms. The molecule has 0 radical (unpaired) electrons. The first-order chi connectivity index (χ1) is 10.5. The molecule has 3 heterocycles. The minimum Gasteiger partial charge on any atom is -0.323 e. The Kier molecular flexibility index (Phi) is 4.02. The first-order valence-electron chi connectivity index (χ1n) is 7.75. The smallest absolute Gasteiger partial charge is 0.321 e. The summed E-state index contributed by atoms with van der Waals surface area (Å²) >= 11 is 0. The Morgan fingerprint density at radius 3 is 3.00 bits per heavy atom. The second kappa shape index (κ2) is 5.96. The monoisotopic (exact) mass is 301 g/mol. The van der Waals surface area contributed by atoms with Crippen molar-refractivity contribution in [3.05, 3.63) is 30.7 Å². The van der Waals surface area contributed by atoms with Gasteiger partial charge in [-0.2, -0.15) is 0 Å². The van der Waals surface area contributed by atoms with Crippen LogP contribution in [0.4, 0.5) is 10.5 Å². The van der Waals surface area contributed by atoms with Gasteiger partial charge in [-0.3, -0.25) is 4.90 Å². The highest BCUT2D eigenvalue weighted by Crippen LogP contribution is 2.18. The van der Waals surface area contributed by atoms with Crippen molar-refractivity contribution in [3.63, 3.8) is 0 Å². The first-order valence-corrected chi connectivity index (χ1v) is 7.75. The van der Waals surface area contributed by atoms with Crippen LogP contribution in [-0.2, 0) is 0 Å². The second-order valence-electron chi connectivity index (χ2n) is 6.18. The number of pyridine rings is 1. The highest BCUT2D eigenvalue weighted by molar-refractivity contribution is 5.89. The predicted molar refractivity (Wildman–Crippen MR) is 87.1 cm³/mol. The Bertz CT molecular complexity index is 665. The Hall–Kier alpha value is -2.08. The van der Waals surface area contributed by atoms with Crippen molar-refractivity contribution in [2.24, 2.45) is 0 Å². The molecule has 1 atom stereocenters. The molecule has 2 aromatic heterocycles. The molecule has 2 aromatic rings. The summed E-state index contributed by atoms with van der Waals surface area (Å²) < 4.78 is 1.89. The molecule has 6 heteroatoms. The van der Waals surface area contributed by atoms with E-state index in [-0.39, 0.29) is 12.1 Å². The topological polar surface area (TPSA) is 52.9 Å². The zero-order chi connectivity index (χ0) is 15.7. The van der Waals surface area contributed by atoms with Crippen LogP contribution in [0.2, 0.25) is 0 Å². The number of likely N-dealkylation sites (tertiary alicyclic amines) is 1. The van der Waals surface area contributed by atoms with E-state index in [0.717, 1.165) is 30.8 Å². The molecule has 6 nitrogen and oxygen atoms in total. The van der Waals surface area contributed by atoms with Crippen molar-refractivity contribution in [2.45, 2.75) is 32.4 Å². The summed E-state index contributed by atoms with van der Waals surface area (Å²) in [5.74, 6) is 0. The Labute approximate surface area is 130 Å². The lowest BCUT2D eigenvalue weighted by atomic mass is 10.2. The number of urea groups is 1. The molecule has 118 valence electrons. The molecule has 1 saturated heterocycles. The number of fused-ring (bicyclic) bond motifs is 1. The van der Waals surface area contributed by atoms with E-state index in [4.69, 9.17) is 0 Å². The molecule has 2 amide bonds. The van der Waals surface area contributed by atoms with Crippen LogP contribution in [0.5, 0.6) is 0 Å². The minimum atomic E-state index is -0.0601. The van der Waals surface area contributed by atoms with Crippen molar-refractivity contribution in [3.8, 4) is 0 Å². The molecule has 3 rings (SSSR count). The molecule has 0 spiro atoms. The number of anilines is 1. The van der Waals surface area contributed by atoms with Gasteiger partial charge in [-0.1, -0.05) is 0 Å². The molecular formula is C16H23N5O. The van der Waals surface area contributed by atoms with Crippen molar-refractivity contribution in [2.75, 3.05) is 25.5 Å². The van der Waals surface area contributed by atoms with Gasteiger partial charge in [0.05, 0.1) is 5.69 Å². The zero-order valence-corrected chi connectivity index (χ0v) is 13.4. The average Bonchev–Trinajstić information content (AvgIpc) is 3.15. The molecule has 0 aliphatic carbocycles. The molecule has 0 bridgehead atoms. The van der Waals surface area contributed by atoms with Crippen LogP contribution < -0.4 is 5.32 Å². The highest BCUT2D eigenvalue weighted by Gasteiger charge is 2.29. The van der Waals surface area contributed by atoms with Crippen LogP contribution in [0.1, 0.15) is 20.3 Å². The van der Waals surface area contributed by atoms with Crippen molar-refractivity contribution < 1.29 is 4.79 Å². The van der Waals surface area contributed by atoms with Gasteiger partial charge in [0, 0.05) is 50.8 Å². The van der Waals surface area contributed by atoms with Crippen molar-refractivity contribution in [1.82, 2.24) is 19.2 Å². The number of amides is 2. The van der Waals surface area contributed by atoms with Gasteiger partial charge in [0.2, 0.25) is 0 Å². The maximum absolute atomic E-state index is 12.4. The summed E-state index contributed by atoms with van der Waals surface area (Å²) in [5, 5.41) is 2.96. The van der Waals surface area contributed by atoms with Gasteiger partial charge in [-0.25, -0.2) is 9.78 Å². The molecular weight excluding hydrogens is 278 g/mol. The lowest BCUT2D eigenvalue weighted by molar-refractivity contribution is 0.197. The van der Waals surface area contributed by atoms with E-state index < -0.39 is 0 Å². The lowest BCUT2D eigenvalue weighted by Gasteiger charge is -2.26. The van der Waals surface area contributed by atoms with E-state index in [0.29, 0.717) is 6.04 Å². The van der Waals surface area contributed by atoms with Crippen LogP contribution in [0, 0.1) is 0 Å². The van der Waals surface area contributed by atoms with E-state index in [1.807, 2.05) is 40.9 Å². The van der Waals surface area contributed by atoms with Crippen LogP contribution in [0.15, 0.2) is 30.7 Å². The van der Waals surface area contributed by atoms with Crippen LogP contribution in [-0.4, -0.2) is 57.4 Å². The lowest BCUT2D eigenvalue weighted by Crippen LogP contribution is -2.42. The molecule has 1 aliphatic heterocycles. The van der Waals surface area contributed by atoms with Crippen molar-refractivity contribution in [1.29, 1.82) is 0 Å².